The first kappa shape index (κ1) is 13.0. The van der Waals surface area contributed by atoms with Gasteiger partial charge in [-0.3, -0.25) is 0 Å². The number of nitrogens with one attached hydrogen (secondary N) is 1. The van der Waals surface area contributed by atoms with Gasteiger partial charge in [-0.05, 0) is 81.6 Å². The molecule has 0 radical (unpaired) electrons. The van der Waals surface area contributed by atoms with Gasteiger partial charge < -0.3 is 10.1 Å². The van der Waals surface area contributed by atoms with Gasteiger partial charge in [0.15, 0.2) is 0 Å². The fraction of sp³-hybridized carbons (Fsp3) is 0.647. The molecule has 104 valence electrons. The van der Waals surface area contributed by atoms with E-state index in [0.29, 0.717) is 6.10 Å². The molecule has 19 heavy (non-hydrogen) atoms. The summed E-state index contributed by atoms with van der Waals surface area (Å²) in [5, 5.41) is 3.44. The predicted molar refractivity (Wildman–Crippen MR) is 78.6 cm³/mol. The van der Waals surface area contributed by atoms with Gasteiger partial charge in [-0.1, -0.05) is 12.1 Å². The molecule has 1 saturated carbocycles. The van der Waals surface area contributed by atoms with Crippen molar-refractivity contribution in [2.45, 2.75) is 51.0 Å². The summed E-state index contributed by atoms with van der Waals surface area (Å²) >= 11 is 0. The van der Waals surface area contributed by atoms with E-state index in [1.54, 1.807) is 0 Å². The largest absolute Gasteiger partial charge is 0.490 e. The summed E-state index contributed by atoms with van der Waals surface area (Å²) in [5.74, 6) is 1.93. The van der Waals surface area contributed by atoms with Crippen LogP contribution in [0.2, 0.25) is 0 Å². The Labute approximate surface area is 116 Å². The van der Waals surface area contributed by atoms with Gasteiger partial charge in [0, 0.05) is 0 Å². The number of rotatable bonds is 4. The molecule has 1 aromatic carbocycles. The summed E-state index contributed by atoms with van der Waals surface area (Å²) in [6.07, 6.45) is 9.44. The van der Waals surface area contributed by atoms with E-state index in [1.165, 1.54) is 63.6 Å². The highest BCUT2D eigenvalue weighted by Gasteiger charge is 2.17. The van der Waals surface area contributed by atoms with Crippen molar-refractivity contribution < 1.29 is 4.74 Å². The summed E-state index contributed by atoms with van der Waals surface area (Å²) in [6, 6.07) is 8.79. The lowest BCUT2D eigenvalue weighted by molar-refractivity contribution is 0.209. The maximum absolute atomic E-state index is 6.09. The molecule has 0 bridgehead atoms. The molecule has 1 aromatic rings. The molecular formula is C17H25NO. The predicted octanol–water partition coefficient (Wildman–Crippen LogP) is 3.55. The molecule has 0 unspecified atom stereocenters. The molecule has 0 spiro atoms. The fourth-order valence-corrected chi connectivity index (χ4v) is 3.36. The molecule has 3 rings (SSSR count). The van der Waals surface area contributed by atoms with E-state index in [0.717, 1.165) is 11.7 Å². The van der Waals surface area contributed by atoms with E-state index in [2.05, 4.69) is 29.6 Å². The maximum atomic E-state index is 6.09. The Hall–Kier alpha value is -1.02. The fourth-order valence-electron chi connectivity index (χ4n) is 3.36. The lowest BCUT2D eigenvalue weighted by Gasteiger charge is -2.23. The average molecular weight is 259 g/mol. The monoisotopic (exact) mass is 259 g/mol. The number of hydrogen-bond donors (Lipinski definition) is 1. The second kappa shape index (κ2) is 6.42. The van der Waals surface area contributed by atoms with Crippen LogP contribution in [0.15, 0.2) is 24.3 Å². The number of ether oxygens (including phenoxy) is 1. The van der Waals surface area contributed by atoms with Crippen LogP contribution in [0.1, 0.15) is 44.1 Å². The van der Waals surface area contributed by atoms with Gasteiger partial charge in [0.25, 0.3) is 0 Å². The van der Waals surface area contributed by atoms with Crippen molar-refractivity contribution in [3.63, 3.8) is 0 Å². The van der Waals surface area contributed by atoms with Gasteiger partial charge in [-0.15, -0.1) is 0 Å². The van der Waals surface area contributed by atoms with Gasteiger partial charge in [-0.25, -0.2) is 0 Å². The van der Waals surface area contributed by atoms with Crippen molar-refractivity contribution in [3.8, 4) is 5.75 Å². The van der Waals surface area contributed by atoms with E-state index in [-0.39, 0.29) is 0 Å². The van der Waals surface area contributed by atoms with Gasteiger partial charge >= 0.3 is 0 Å². The minimum atomic E-state index is 0.467. The van der Waals surface area contributed by atoms with Crippen LogP contribution < -0.4 is 10.1 Å². The summed E-state index contributed by atoms with van der Waals surface area (Å²) in [7, 11) is 0. The molecule has 1 heterocycles. The van der Waals surface area contributed by atoms with E-state index in [9.17, 15) is 0 Å². The normalized spacial score (nSPS) is 21.7. The highest BCUT2D eigenvalue weighted by atomic mass is 16.5. The molecule has 2 fully saturated rings. The van der Waals surface area contributed by atoms with Gasteiger partial charge in [0.1, 0.15) is 5.75 Å². The molecule has 0 aromatic heterocycles. The Morgan fingerprint density at radius 1 is 1.05 bits per heavy atom. The minimum Gasteiger partial charge on any atom is -0.490 e. The SMILES string of the molecule is c1cc(CC2CCNCC2)cc(OC2CCCC2)c1. The second-order valence-electron chi connectivity index (χ2n) is 6.07. The third-order valence-electron chi connectivity index (χ3n) is 4.49. The van der Waals surface area contributed by atoms with E-state index < -0.39 is 0 Å². The number of benzene rings is 1. The standard InChI is InChI=1S/C17H25NO/c1-2-6-16(5-1)19-17-7-3-4-15(13-17)12-14-8-10-18-11-9-14/h3-4,7,13-14,16,18H,1-2,5-6,8-12H2. The topological polar surface area (TPSA) is 21.3 Å². The highest BCUT2D eigenvalue weighted by molar-refractivity contribution is 5.29. The van der Waals surface area contributed by atoms with Crippen molar-refractivity contribution in [1.82, 2.24) is 5.32 Å². The zero-order valence-corrected chi connectivity index (χ0v) is 11.7. The van der Waals surface area contributed by atoms with Crippen molar-refractivity contribution >= 4 is 0 Å². The minimum absolute atomic E-state index is 0.467. The van der Waals surface area contributed by atoms with Gasteiger partial charge in [0.05, 0.1) is 6.10 Å². The Morgan fingerprint density at radius 2 is 1.84 bits per heavy atom. The molecule has 2 nitrogen and oxygen atoms in total. The first-order chi connectivity index (χ1) is 9.40. The third kappa shape index (κ3) is 3.73. The first-order valence-electron chi connectivity index (χ1n) is 7.86. The molecule has 1 aliphatic heterocycles. The van der Waals surface area contributed by atoms with Crippen LogP contribution in [0.25, 0.3) is 0 Å². The van der Waals surface area contributed by atoms with Crippen molar-refractivity contribution in [1.29, 1.82) is 0 Å². The van der Waals surface area contributed by atoms with E-state index >= 15 is 0 Å². The summed E-state index contributed by atoms with van der Waals surface area (Å²) in [4.78, 5) is 0. The van der Waals surface area contributed by atoms with Crippen LogP contribution in [-0.2, 0) is 6.42 Å². The smallest absolute Gasteiger partial charge is 0.119 e. The molecule has 1 aliphatic carbocycles. The molecule has 0 atom stereocenters. The zero-order valence-electron chi connectivity index (χ0n) is 11.7. The highest BCUT2D eigenvalue weighted by Crippen LogP contribution is 2.26. The third-order valence-corrected chi connectivity index (χ3v) is 4.49. The summed E-state index contributed by atoms with van der Waals surface area (Å²) in [6.45, 7) is 2.37. The van der Waals surface area contributed by atoms with Crippen molar-refractivity contribution in [2.75, 3.05) is 13.1 Å². The van der Waals surface area contributed by atoms with Crippen LogP contribution in [0, 0.1) is 5.92 Å². The van der Waals surface area contributed by atoms with Crippen molar-refractivity contribution in [2.24, 2.45) is 5.92 Å². The molecule has 2 aliphatic rings. The Balaban J connectivity index is 1.58. The quantitative estimate of drug-likeness (QED) is 0.893. The molecule has 0 amide bonds. The Kier molecular flexibility index (Phi) is 4.39. The molecular weight excluding hydrogens is 234 g/mol. The summed E-state index contributed by atoms with van der Waals surface area (Å²) in [5.41, 5.74) is 1.45. The second-order valence-corrected chi connectivity index (χ2v) is 6.07. The van der Waals surface area contributed by atoms with Gasteiger partial charge in [-0.2, -0.15) is 0 Å². The Morgan fingerprint density at radius 3 is 2.63 bits per heavy atom. The van der Waals surface area contributed by atoms with E-state index in [1.807, 2.05) is 0 Å². The lowest BCUT2D eigenvalue weighted by Crippen LogP contribution is -2.28. The molecule has 1 N–H and O–H groups in total. The van der Waals surface area contributed by atoms with Crippen LogP contribution in [-0.4, -0.2) is 19.2 Å². The first-order valence-corrected chi connectivity index (χ1v) is 7.86. The Bertz CT molecular complexity index is 392. The average Bonchev–Trinajstić information content (AvgIpc) is 2.93. The van der Waals surface area contributed by atoms with Crippen molar-refractivity contribution in [3.05, 3.63) is 29.8 Å². The lowest BCUT2D eigenvalue weighted by atomic mass is 9.91. The van der Waals surface area contributed by atoms with Crippen LogP contribution in [0.5, 0.6) is 5.75 Å². The van der Waals surface area contributed by atoms with Crippen LogP contribution in [0.4, 0.5) is 0 Å². The summed E-state index contributed by atoms with van der Waals surface area (Å²) < 4.78 is 6.09. The molecule has 1 saturated heterocycles. The maximum Gasteiger partial charge on any atom is 0.119 e. The van der Waals surface area contributed by atoms with Crippen LogP contribution >= 0.6 is 0 Å². The zero-order chi connectivity index (χ0) is 12.9. The molecule has 2 heteroatoms. The van der Waals surface area contributed by atoms with Crippen LogP contribution in [0.3, 0.4) is 0 Å². The number of piperidine rings is 1. The van der Waals surface area contributed by atoms with Gasteiger partial charge in [0.2, 0.25) is 0 Å². The van der Waals surface area contributed by atoms with E-state index in [4.69, 9.17) is 4.74 Å². The number of hydrogen-bond acceptors (Lipinski definition) is 2.